The third-order valence-corrected chi connectivity index (χ3v) is 5.23. The molecule has 3 N–H and O–H groups in total. The van der Waals surface area contributed by atoms with Crippen molar-refractivity contribution in [1.82, 2.24) is 20.3 Å². The molecule has 0 unspecified atom stereocenters. The van der Waals surface area contributed by atoms with E-state index in [0.29, 0.717) is 29.3 Å². The number of carbonyl (C=O) groups is 1. The number of nitrogens with zero attached hydrogens (tertiary/aromatic N) is 3. The van der Waals surface area contributed by atoms with Crippen LogP contribution in [0.2, 0.25) is 5.02 Å². The maximum Gasteiger partial charge on any atom is 0.255 e. The summed E-state index contributed by atoms with van der Waals surface area (Å²) in [6.45, 7) is -0.129. The van der Waals surface area contributed by atoms with E-state index in [4.69, 9.17) is 16.3 Å². The van der Waals surface area contributed by atoms with Crippen LogP contribution in [-0.2, 0) is 0 Å². The van der Waals surface area contributed by atoms with Crippen molar-refractivity contribution >= 4 is 29.0 Å². The Morgan fingerprint density at radius 2 is 2.13 bits per heavy atom. The van der Waals surface area contributed by atoms with Crippen LogP contribution in [0.15, 0.2) is 42.9 Å². The van der Waals surface area contributed by atoms with E-state index in [2.05, 4.69) is 25.6 Å². The molecule has 1 amide bonds. The molecule has 31 heavy (non-hydrogen) atoms. The van der Waals surface area contributed by atoms with Crippen LogP contribution in [0.1, 0.15) is 23.2 Å². The molecule has 0 saturated heterocycles. The van der Waals surface area contributed by atoms with Crippen molar-refractivity contribution in [2.75, 3.05) is 19.0 Å². The minimum Gasteiger partial charge on any atom is -0.491 e. The lowest BCUT2D eigenvalue weighted by Crippen LogP contribution is -2.39. The maximum atomic E-state index is 14.3. The van der Waals surface area contributed by atoms with Crippen LogP contribution < -0.4 is 15.4 Å². The molecule has 8 nitrogen and oxygen atoms in total. The molecule has 1 aromatic carbocycles. The molecule has 4 rings (SSSR count). The Morgan fingerprint density at radius 3 is 2.84 bits per heavy atom. The van der Waals surface area contributed by atoms with Crippen molar-refractivity contribution in [3.05, 3.63) is 59.3 Å². The van der Waals surface area contributed by atoms with Gasteiger partial charge in [0.1, 0.15) is 5.82 Å². The summed E-state index contributed by atoms with van der Waals surface area (Å²) < 4.78 is 19.6. The van der Waals surface area contributed by atoms with Gasteiger partial charge in [0.15, 0.2) is 17.4 Å². The first-order valence-electron chi connectivity index (χ1n) is 9.45. The molecule has 3 aromatic rings. The summed E-state index contributed by atoms with van der Waals surface area (Å²) in [6.07, 6.45) is 5.76. The summed E-state index contributed by atoms with van der Waals surface area (Å²) in [6, 6.07) is 5.70. The van der Waals surface area contributed by atoms with Gasteiger partial charge in [0.25, 0.3) is 5.91 Å². The van der Waals surface area contributed by atoms with Crippen LogP contribution in [0.25, 0.3) is 11.4 Å². The standard InChI is InChI=1S/C21H19ClFN5O3/c1-31-17-10-25-18(13-8-12(22)2-3-15(13)23)27-19(17)26-16-4-7-24-9-14(16)20(30)28-21(11-29)5-6-21/h2-4,7-10,29H,5-6,11H2,1H3,(H,28,30)(H,24,25,26,27). The van der Waals surface area contributed by atoms with Gasteiger partial charge in [0.2, 0.25) is 0 Å². The van der Waals surface area contributed by atoms with Gasteiger partial charge < -0.3 is 20.5 Å². The number of pyridine rings is 1. The van der Waals surface area contributed by atoms with Crippen molar-refractivity contribution in [3.8, 4) is 17.1 Å². The Hall–Kier alpha value is -3.30. The molecule has 1 fully saturated rings. The lowest BCUT2D eigenvalue weighted by atomic mass is 10.2. The number of aliphatic hydroxyl groups excluding tert-OH is 1. The van der Waals surface area contributed by atoms with Gasteiger partial charge in [-0.2, -0.15) is 0 Å². The smallest absolute Gasteiger partial charge is 0.255 e. The summed E-state index contributed by atoms with van der Waals surface area (Å²) in [5, 5.41) is 15.7. The summed E-state index contributed by atoms with van der Waals surface area (Å²) >= 11 is 5.99. The highest BCUT2D eigenvalue weighted by Crippen LogP contribution is 2.35. The van der Waals surface area contributed by atoms with Crippen molar-refractivity contribution in [1.29, 1.82) is 0 Å². The fourth-order valence-electron chi connectivity index (χ4n) is 3.00. The second-order valence-corrected chi connectivity index (χ2v) is 7.61. The highest BCUT2D eigenvalue weighted by molar-refractivity contribution is 6.30. The fourth-order valence-corrected chi connectivity index (χ4v) is 3.17. The number of aliphatic hydroxyl groups is 1. The zero-order valence-corrected chi connectivity index (χ0v) is 17.3. The summed E-state index contributed by atoms with van der Waals surface area (Å²) in [7, 11) is 1.45. The third kappa shape index (κ3) is 4.42. The second-order valence-electron chi connectivity index (χ2n) is 7.17. The topological polar surface area (TPSA) is 109 Å². The van der Waals surface area contributed by atoms with Gasteiger partial charge in [0.05, 0.1) is 42.3 Å². The van der Waals surface area contributed by atoms with E-state index in [9.17, 15) is 14.3 Å². The van der Waals surface area contributed by atoms with E-state index in [0.717, 1.165) is 0 Å². The van der Waals surface area contributed by atoms with E-state index in [1.165, 1.54) is 43.9 Å². The third-order valence-electron chi connectivity index (χ3n) is 5.00. The number of amides is 1. The number of aromatic nitrogens is 3. The number of rotatable bonds is 7. The lowest BCUT2D eigenvalue weighted by molar-refractivity contribution is 0.0907. The highest BCUT2D eigenvalue weighted by atomic mass is 35.5. The highest BCUT2D eigenvalue weighted by Gasteiger charge is 2.43. The Morgan fingerprint density at radius 1 is 1.32 bits per heavy atom. The zero-order valence-electron chi connectivity index (χ0n) is 16.5. The minimum atomic E-state index is -0.575. The van der Waals surface area contributed by atoms with Gasteiger partial charge >= 0.3 is 0 Å². The molecule has 0 spiro atoms. The predicted octanol–water partition coefficient (Wildman–Crippen LogP) is 3.34. The Labute approximate surface area is 182 Å². The van der Waals surface area contributed by atoms with Crippen LogP contribution in [0, 0.1) is 5.82 Å². The van der Waals surface area contributed by atoms with Crippen molar-refractivity contribution < 1.29 is 19.0 Å². The molecule has 0 bridgehead atoms. The quantitative estimate of drug-likeness (QED) is 0.513. The summed E-state index contributed by atoms with van der Waals surface area (Å²) in [4.78, 5) is 25.3. The van der Waals surface area contributed by atoms with Crippen molar-refractivity contribution in [2.24, 2.45) is 0 Å². The van der Waals surface area contributed by atoms with Gasteiger partial charge in [-0.3, -0.25) is 9.78 Å². The van der Waals surface area contributed by atoms with E-state index < -0.39 is 11.4 Å². The molecule has 1 aliphatic rings. The van der Waals surface area contributed by atoms with E-state index in [1.54, 1.807) is 6.07 Å². The number of anilines is 2. The van der Waals surface area contributed by atoms with Crippen molar-refractivity contribution in [2.45, 2.75) is 18.4 Å². The van der Waals surface area contributed by atoms with Gasteiger partial charge in [-0.15, -0.1) is 0 Å². The average molecular weight is 444 g/mol. The van der Waals surface area contributed by atoms with Crippen molar-refractivity contribution in [3.63, 3.8) is 0 Å². The largest absolute Gasteiger partial charge is 0.491 e. The second kappa shape index (κ2) is 8.44. The normalized spacial score (nSPS) is 14.1. The molecule has 2 aromatic heterocycles. The number of nitrogens with one attached hydrogen (secondary N) is 2. The Kier molecular flexibility index (Phi) is 5.71. The molecule has 160 valence electrons. The number of carbonyl (C=O) groups excluding carboxylic acids is 1. The van der Waals surface area contributed by atoms with Gasteiger partial charge in [-0.05, 0) is 37.1 Å². The van der Waals surface area contributed by atoms with Crippen LogP contribution in [0.5, 0.6) is 5.75 Å². The number of halogens is 2. The number of benzene rings is 1. The van der Waals surface area contributed by atoms with Crippen LogP contribution in [0.3, 0.4) is 0 Å². The molecule has 10 heteroatoms. The first-order valence-corrected chi connectivity index (χ1v) is 9.83. The van der Waals surface area contributed by atoms with E-state index in [1.807, 2.05) is 0 Å². The molecule has 0 aliphatic heterocycles. The zero-order chi connectivity index (χ0) is 22.0. The number of ether oxygens (including phenoxy) is 1. The lowest BCUT2D eigenvalue weighted by Gasteiger charge is -2.17. The molecule has 0 atom stereocenters. The molecule has 0 radical (unpaired) electrons. The number of methoxy groups -OCH3 is 1. The molecule has 1 aliphatic carbocycles. The van der Waals surface area contributed by atoms with E-state index >= 15 is 0 Å². The van der Waals surface area contributed by atoms with E-state index in [-0.39, 0.29) is 35.3 Å². The first kappa shape index (κ1) is 21.0. The van der Waals surface area contributed by atoms with Gasteiger partial charge in [-0.25, -0.2) is 14.4 Å². The maximum absolute atomic E-state index is 14.3. The minimum absolute atomic E-state index is 0.0978. The monoisotopic (exact) mass is 443 g/mol. The SMILES string of the molecule is COc1cnc(-c2cc(Cl)ccc2F)nc1Nc1ccncc1C(=O)NC1(CO)CC1. The number of hydrogen-bond donors (Lipinski definition) is 3. The van der Waals surface area contributed by atoms with Gasteiger partial charge in [-0.1, -0.05) is 11.6 Å². The summed E-state index contributed by atoms with van der Waals surface area (Å²) in [5.41, 5.74) is 0.229. The summed E-state index contributed by atoms with van der Waals surface area (Å²) in [5.74, 6) is -0.279. The average Bonchev–Trinajstić information content (AvgIpc) is 3.55. The molecule has 2 heterocycles. The van der Waals surface area contributed by atoms with Crippen LogP contribution in [-0.4, -0.2) is 45.2 Å². The molecular weight excluding hydrogens is 425 g/mol. The molecular formula is C21H19ClFN5O3. The Balaban J connectivity index is 1.68. The number of hydrogen-bond acceptors (Lipinski definition) is 7. The van der Waals surface area contributed by atoms with Crippen LogP contribution in [0.4, 0.5) is 15.9 Å². The van der Waals surface area contributed by atoms with Crippen LogP contribution >= 0.6 is 11.6 Å². The molecule has 1 saturated carbocycles. The Bertz CT molecular complexity index is 1140. The predicted molar refractivity (Wildman–Crippen MR) is 113 cm³/mol. The first-order chi connectivity index (χ1) is 14.9. The fraction of sp³-hybridized carbons (Fsp3) is 0.238. The van der Waals surface area contributed by atoms with Gasteiger partial charge in [0, 0.05) is 17.4 Å².